The molecule has 0 saturated carbocycles. The van der Waals surface area contributed by atoms with Crippen LogP contribution in [0.4, 0.5) is 4.79 Å². The highest BCUT2D eigenvalue weighted by Gasteiger charge is 2.20. The highest BCUT2D eigenvalue weighted by molar-refractivity contribution is 6.93. The number of amides is 2. The van der Waals surface area contributed by atoms with Crippen LogP contribution < -0.4 is 10.5 Å². The summed E-state index contributed by atoms with van der Waals surface area (Å²) in [6.07, 6.45) is 2.99. The van der Waals surface area contributed by atoms with Gasteiger partial charge in [-0.25, -0.2) is 4.79 Å². The summed E-state index contributed by atoms with van der Waals surface area (Å²) in [5, 5.41) is 4.18. The molecule has 2 amide bonds. The van der Waals surface area contributed by atoms with Crippen LogP contribution in [0, 0.1) is 0 Å². The van der Waals surface area contributed by atoms with E-state index < -0.39 is 20.2 Å². The topological polar surface area (TPSA) is 58.6 Å². The van der Waals surface area contributed by atoms with Crippen molar-refractivity contribution < 1.29 is 14.3 Å². The molecule has 0 heterocycles. The molecule has 0 spiro atoms. The Morgan fingerprint density at radius 3 is 2.34 bits per heavy atom. The van der Waals surface area contributed by atoms with Gasteiger partial charge in [-0.1, -0.05) is 85.0 Å². The van der Waals surface area contributed by atoms with E-state index in [2.05, 4.69) is 48.6 Å². The van der Waals surface area contributed by atoms with Gasteiger partial charge in [0.25, 0.3) is 0 Å². The fourth-order valence-corrected chi connectivity index (χ4v) is 4.88. The third-order valence-corrected chi connectivity index (χ3v) is 7.59. The molecule has 2 aromatic carbocycles. The molecule has 0 fully saturated rings. The molecule has 1 atom stereocenters. The number of carbonyl (C=O) groups excluding carboxylic acids is 2. The standard InChI is InChI=1S/C26H32N2O3Si/c1-5-18-28(26(30)31-21-23-13-8-6-9-14-23)20-24(27-22(2)29)15-12-19-32(3,4)25-16-10-7-11-17-25/h5-11,13-17,19,24H,1,18,20-21H2,2-4H3,(H,27,29)/t12?,24-/m1/s1. The summed E-state index contributed by atoms with van der Waals surface area (Å²) in [6, 6.07) is 19.5. The molecule has 32 heavy (non-hydrogen) atoms. The molecule has 0 aromatic heterocycles. The molecule has 1 N–H and O–H groups in total. The molecule has 0 saturated heterocycles. The maximum Gasteiger partial charge on any atom is 0.410 e. The van der Waals surface area contributed by atoms with E-state index in [1.54, 1.807) is 12.2 Å². The molecule has 2 aromatic rings. The molecular weight excluding hydrogens is 416 g/mol. The smallest absolute Gasteiger partial charge is 0.410 e. The SMILES string of the molecule is C=CCN(C[C@@H](C=C=C[Si](C)(C)c1ccccc1)NC(C)=O)C(=O)OCc1ccccc1. The van der Waals surface area contributed by atoms with E-state index in [4.69, 9.17) is 4.74 Å². The third kappa shape index (κ3) is 8.42. The zero-order valence-corrected chi connectivity index (χ0v) is 20.1. The molecule has 2 rings (SSSR count). The molecule has 0 bridgehead atoms. The van der Waals surface area contributed by atoms with Gasteiger partial charge in [0.2, 0.25) is 5.91 Å². The number of nitrogens with one attached hydrogen (secondary N) is 1. The second-order valence-corrected chi connectivity index (χ2v) is 12.4. The van der Waals surface area contributed by atoms with Gasteiger partial charge in [0.15, 0.2) is 0 Å². The van der Waals surface area contributed by atoms with Crippen LogP contribution >= 0.6 is 0 Å². The van der Waals surface area contributed by atoms with E-state index in [1.165, 1.54) is 17.0 Å². The molecule has 0 aliphatic heterocycles. The Bertz CT molecular complexity index is 952. The number of nitrogens with zero attached hydrogens (tertiary/aromatic N) is 1. The Balaban J connectivity index is 2.11. The van der Waals surface area contributed by atoms with Crippen molar-refractivity contribution in [2.45, 2.75) is 32.7 Å². The fraction of sp³-hybridized carbons (Fsp3) is 0.269. The highest BCUT2D eigenvalue weighted by atomic mass is 28.3. The number of benzene rings is 2. The Labute approximate surface area is 192 Å². The van der Waals surface area contributed by atoms with E-state index in [-0.39, 0.29) is 19.1 Å². The average molecular weight is 449 g/mol. The van der Waals surface area contributed by atoms with Crippen molar-refractivity contribution in [1.29, 1.82) is 0 Å². The first kappa shape index (κ1) is 24.9. The van der Waals surface area contributed by atoms with E-state index >= 15 is 0 Å². The predicted octanol–water partition coefficient (Wildman–Crippen LogP) is 4.18. The van der Waals surface area contributed by atoms with Gasteiger partial charge in [-0.05, 0) is 17.3 Å². The first-order valence-electron chi connectivity index (χ1n) is 10.6. The third-order valence-electron chi connectivity index (χ3n) is 4.88. The van der Waals surface area contributed by atoms with Gasteiger partial charge in [0.1, 0.15) is 14.7 Å². The predicted molar refractivity (Wildman–Crippen MR) is 132 cm³/mol. The second-order valence-electron chi connectivity index (χ2n) is 8.11. The van der Waals surface area contributed by atoms with Gasteiger partial charge in [-0.2, -0.15) is 0 Å². The first-order chi connectivity index (χ1) is 15.3. The van der Waals surface area contributed by atoms with Gasteiger partial charge < -0.3 is 15.0 Å². The lowest BCUT2D eigenvalue weighted by Crippen LogP contribution is -2.44. The Kier molecular flexibility index (Phi) is 9.73. The zero-order chi connectivity index (χ0) is 23.4. The van der Waals surface area contributed by atoms with Crippen molar-refractivity contribution >= 4 is 25.3 Å². The van der Waals surface area contributed by atoms with Crippen LogP contribution in [0.25, 0.3) is 0 Å². The van der Waals surface area contributed by atoms with Crippen LogP contribution in [-0.4, -0.2) is 44.1 Å². The molecule has 0 aliphatic carbocycles. The lowest BCUT2D eigenvalue weighted by atomic mass is 10.2. The van der Waals surface area contributed by atoms with Crippen LogP contribution in [0.2, 0.25) is 13.1 Å². The van der Waals surface area contributed by atoms with Crippen LogP contribution in [-0.2, 0) is 16.1 Å². The van der Waals surface area contributed by atoms with Crippen molar-refractivity contribution in [2.75, 3.05) is 13.1 Å². The summed E-state index contributed by atoms with van der Waals surface area (Å²) < 4.78 is 5.46. The average Bonchev–Trinajstić information content (AvgIpc) is 2.78. The van der Waals surface area contributed by atoms with Gasteiger partial charge >= 0.3 is 6.09 Å². The second kappa shape index (κ2) is 12.5. The number of rotatable bonds is 10. The first-order valence-corrected chi connectivity index (χ1v) is 13.7. The highest BCUT2D eigenvalue weighted by Crippen LogP contribution is 2.07. The van der Waals surface area contributed by atoms with Crippen LogP contribution in [0.1, 0.15) is 12.5 Å². The summed E-state index contributed by atoms with van der Waals surface area (Å²) in [4.78, 5) is 25.9. The van der Waals surface area contributed by atoms with Crippen molar-refractivity contribution in [1.82, 2.24) is 10.2 Å². The quantitative estimate of drug-likeness (QED) is 0.337. The molecule has 0 unspecified atom stereocenters. The van der Waals surface area contributed by atoms with Crippen LogP contribution in [0.15, 0.2) is 90.8 Å². The van der Waals surface area contributed by atoms with Gasteiger partial charge in [-0.15, -0.1) is 12.3 Å². The molecule has 5 nitrogen and oxygen atoms in total. The molecular formula is C26H32N2O3Si. The minimum absolute atomic E-state index is 0.177. The maximum atomic E-state index is 12.7. The van der Waals surface area contributed by atoms with Crippen LogP contribution in [0.5, 0.6) is 0 Å². The van der Waals surface area contributed by atoms with Crippen molar-refractivity contribution in [2.24, 2.45) is 0 Å². The zero-order valence-electron chi connectivity index (χ0n) is 19.1. The monoisotopic (exact) mass is 448 g/mol. The summed E-state index contributed by atoms with van der Waals surface area (Å²) in [7, 11) is -1.81. The van der Waals surface area contributed by atoms with E-state index in [1.807, 2.05) is 48.5 Å². The number of hydrogen-bond acceptors (Lipinski definition) is 3. The van der Waals surface area contributed by atoms with Crippen molar-refractivity contribution in [3.05, 3.63) is 96.4 Å². The number of ether oxygens (including phenoxy) is 1. The summed E-state index contributed by atoms with van der Waals surface area (Å²) in [6.45, 7) is 10.4. The molecule has 0 aliphatic rings. The lowest BCUT2D eigenvalue weighted by molar-refractivity contribution is -0.119. The van der Waals surface area contributed by atoms with Gasteiger partial charge in [0.05, 0.1) is 6.04 Å². The molecule has 6 heteroatoms. The maximum absolute atomic E-state index is 12.7. The Morgan fingerprint density at radius 1 is 1.12 bits per heavy atom. The largest absolute Gasteiger partial charge is 0.445 e. The fourth-order valence-electron chi connectivity index (χ4n) is 3.15. The number of carbonyl (C=O) groups is 2. The summed E-state index contributed by atoms with van der Waals surface area (Å²) >= 11 is 0. The van der Waals surface area contributed by atoms with E-state index in [0.29, 0.717) is 6.54 Å². The Hall–Kier alpha value is -3.34. The van der Waals surface area contributed by atoms with Gasteiger partial charge in [0, 0.05) is 20.0 Å². The van der Waals surface area contributed by atoms with E-state index in [0.717, 1.165) is 5.56 Å². The molecule has 0 radical (unpaired) electrons. The lowest BCUT2D eigenvalue weighted by Gasteiger charge is -2.25. The van der Waals surface area contributed by atoms with Crippen LogP contribution in [0.3, 0.4) is 0 Å². The van der Waals surface area contributed by atoms with Gasteiger partial charge in [-0.3, -0.25) is 4.79 Å². The minimum Gasteiger partial charge on any atom is -0.445 e. The Morgan fingerprint density at radius 2 is 1.75 bits per heavy atom. The van der Waals surface area contributed by atoms with Crippen molar-refractivity contribution in [3.8, 4) is 0 Å². The summed E-state index contributed by atoms with van der Waals surface area (Å²) in [5.74, 6) is -0.177. The molecule has 168 valence electrons. The van der Waals surface area contributed by atoms with E-state index in [9.17, 15) is 9.59 Å². The minimum atomic E-state index is -1.81. The van der Waals surface area contributed by atoms with Crippen molar-refractivity contribution in [3.63, 3.8) is 0 Å². The summed E-state index contributed by atoms with van der Waals surface area (Å²) in [5.41, 5.74) is 6.28. The normalized spacial score (nSPS) is 11.5. The number of hydrogen-bond donors (Lipinski definition) is 1.